The molecule has 1 unspecified atom stereocenters. The van der Waals surface area contributed by atoms with Gasteiger partial charge in [0.05, 0.1) is 20.6 Å². The van der Waals surface area contributed by atoms with Gasteiger partial charge in [0, 0.05) is 24.5 Å². The quantitative estimate of drug-likeness (QED) is 0.177. The number of nitrogens with one attached hydrogen (secondary N) is 1. The molecule has 11 heteroatoms. The van der Waals surface area contributed by atoms with E-state index in [4.69, 9.17) is 34.8 Å². The molecular weight excluding hydrogens is 641 g/mol. The fourth-order valence-corrected chi connectivity index (χ4v) is 6.59. The van der Waals surface area contributed by atoms with Crippen LogP contribution in [-0.4, -0.2) is 44.3 Å². The van der Waals surface area contributed by atoms with Crippen LogP contribution in [0, 0.1) is 6.92 Å². The third-order valence-corrected chi connectivity index (χ3v) is 9.71. The first-order valence-electron chi connectivity index (χ1n) is 13.9. The zero-order valence-electron chi connectivity index (χ0n) is 24.2. The van der Waals surface area contributed by atoms with Crippen molar-refractivity contribution in [1.82, 2.24) is 10.2 Å². The molecule has 4 aromatic rings. The maximum absolute atomic E-state index is 14.4. The predicted octanol–water partition coefficient (Wildman–Crippen LogP) is 6.93. The van der Waals surface area contributed by atoms with Crippen LogP contribution in [0.3, 0.4) is 0 Å². The van der Waals surface area contributed by atoms with E-state index in [2.05, 4.69) is 5.32 Å². The van der Waals surface area contributed by atoms with E-state index in [9.17, 15) is 18.0 Å². The van der Waals surface area contributed by atoms with E-state index in [1.807, 2.05) is 37.3 Å². The van der Waals surface area contributed by atoms with Gasteiger partial charge in [-0.1, -0.05) is 95.0 Å². The summed E-state index contributed by atoms with van der Waals surface area (Å²) in [5, 5.41) is 3.76. The third-order valence-electron chi connectivity index (χ3n) is 6.94. The molecule has 2 amide bonds. The van der Waals surface area contributed by atoms with Crippen LogP contribution in [0.25, 0.3) is 0 Å². The zero-order valence-corrected chi connectivity index (χ0v) is 27.3. The summed E-state index contributed by atoms with van der Waals surface area (Å²) < 4.78 is 29.1. The number of aryl methyl sites for hydroxylation is 1. The van der Waals surface area contributed by atoms with Crippen molar-refractivity contribution < 1.29 is 18.0 Å². The number of nitrogens with zero attached hydrogens (tertiary/aromatic N) is 2. The minimum atomic E-state index is -4.23. The second kappa shape index (κ2) is 14.9. The molecule has 4 rings (SSSR count). The van der Waals surface area contributed by atoms with Crippen LogP contribution in [0.2, 0.25) is 15.1 Å². The molecule has 230 valence electrons. The van der Waals surface area contributed by atoms with Crippen molar-refractivity contribution in [3.05, 3.63) is 129 Å². The van der Waals surface area contributed by atoms with E-state index in [0.717, 1.165) is 15.4 Å². The standard InChI is InChI=1S/C33H32Cl3N3O4S/c1-3-37-33(41)31(19-24-8-5-4-6-9-24)38(21-25-14-17-29(35)30(36)18-25)32(40)22-39(27-11-7-10-26(34)20-27)44(42,43)28-15-12-23(2)13-16-28/h4-18,20,31H,3,19,21-22H2,1-2H3,(H,37,41). The van der Waals surface area contributed by atoms with E-state index in [1.165, 1.54) is 23.1 Å². The van der Waals surface area contributed by atoms with Crippen LogP contribution in [0.5, 0.6) is 0 Å². The van der Waals surface area contributed by atoms with Gasteiger partial charge in [-0.3, -0.25) is 13.9 Å². The summed E-state index contributed by atoms with van der Waals surface area (Å²) in [4.78, 5) is 29.3. The molecule has 7 nitrogen and oxygen atoms in total. The van der Waals surface area contributed by atoms with Gasteiger partial charge in [0.15, 0.2) is 0 Å². The molecule has 1 atom stereocenters. The third kappa shape index (κ3) is 8.33. The van der Waals surface area contributed by atoms with Crippen molar-refractivity contribution in [2.45, 2.75) is 37.8 Å². The second-order valence-corrected chi connectivity index (χ2v) is 13.3. The molecule has 1 N–H and O–H groups in total. The molecule has 0 heterocycles. The van der Waals surface area contributed by atoms with Gasteiger partial charge in [-0.15, -0.1) is 0 Å². The lowest BCUT2D eigenvalue weighted by Crippen LogP contribution is -2.53. The number of rotatable bonds is 12. The van der Waals surface area contributed by atoms with Gasteiger partial charge < -0.3 is 10.2 Å². The number of likely N-dealkylation sites (N-methyl/N-ethyl adjacent to an activating group) is 1. The number of sulfonamides is 1. The first-order valence-corrected chi connectivity index (χ1v) is 16.5. The van der Waals surface area contributed by atoms with Gasteiger partial charge in [-0.25, -0.2) is 8.42 Å². The number of benzene rings is 4. The highest BCUT2D eigenvalue weighted by atomic mass is 35.5. The number of amides is 2. The van der Waals surface area contributed by atoms with Gasteiger partial charge in [0.2, 0.25) is 11.8 Å². The Bertz CT molecular complexity index is 1720. The smallest absolute Gasteiger partial charge is 0.264 e. The van der Waals surface area contributed by atoms with Crippen LogP contribution in [0.15, 0.2) is 102 Å². The average Bonchev–Trinajstić information content (AvgIpc) is 3.00. The predicted molar refractivity (Wildman–Crippen MR) is 177 cm³/mol. The minimum Gasteiger partial charge on any atom is -0.355 e. The second-order valence-electron chi connectivity index (χ2n) is 10.2. The van der Waals surface area contributed by atoms with Crippen LogP contribution in [0.4, 0.5) is 5.69 Å². The highest BCUT2D eigenvalue weighted by Gasteiger charge is 2.34. The Balaban J connectivity index is 1.81. The summed E-state index contributed by atoms with van der Waals surface area (Å²) in [6.45, 7) is 3.36. The summed E-state index contributed by atoms with van der Waals surface area (Å²) in [5.74, 6) is -0.973. The first-order chi connectivity index (χ1) is 21.0. The van der Waals surface area contributed by atoms with Crippen LogP contribution in [-0.2, 0) is 32.6 Å². The summed E-state index contributed by atoms with van der Waals surface area (Å²) in [6.07, 6.45) is 0.196. The lowest BCUT2D eigenvalue weighted by Gasteiger charge is -2.34. The molecular formula is C33H32Cl3N3O4S. The first kappa shape index (κ1) is 33.3. The highest BCUT2D eigenvalue weighted by molar-refractivity contribution is 7.92. The molecule has 0 radical (unpaired) electrons. The molecule has 0 saturated heterocycles. The van der Waals surface area contributed by atoms with Gasteiger partial charge in [0.25, 0.3) is 10.0 Å². The van der Waals surface area contributed by atoms with Crippen molar-refractivity contribution in [2.24, 2.45) is 0 Å². The number of halogens is 3. The van der Waals surface area contributed by atoms with E-state index < -0.39 is 28.5 Å². The number of carbonyl (C=O) groups excluding carboxylic acids is 2. The Labute approximate surface area is 273 Å². The Kier molecular flexibility index (Phi) is 11.3. The Morgan fingerprint density at radius 1 is 0.818 bits per heavy atom. The van der Waals surface area contributed by atoms with Crippen molar-refractivity contribution >= 4 is 62.3 Å². The topological polar surface area (TPSA) is 86.8 Å². The Morgan fingerprint density at radius 3 is 2.16 bits per heavy atom. The fourth-order valence-electron chi connectivity index (χ4n) is 4.68. The summed E-state index contributed by atoms with van der Waals surface area (Å²) in [6, 6.07) is 25.9. The van der Waals surface area contributed by atoms with E-state index in [0.29, 0.717) is 22.2 Å². The number of hydrogen-bond acceptors (Lipinski definition) is 4. The largest absolute Gasteiger partial charge is 0.355 e. The lowest BCUT2D eigenvalue weighted by molar-refractivity contribution is -0.140. The summed E-state index contributed by atoms with van der Waals surface area (Å²) >= 11 is 18.7. The molecule has 0 saturated carbocycles. The van der Waals surface area contributed by atoms with Crippen molar-refractivity contribution in [3.63, 3.8) is 0 Å². The van der Waals surface area contributed by atoms with Crippen molar-refractivity contribution in [1.29, 1.82) is 0 Å². The summed E-state index contributed by atoms with van der Waals surface area (Å²) in [5.41, 5.74) is 2.53. The monoisotopic (exact) mass is 671 g/mol. The molecule has 0 aromatic heterocycles. The zero-order chi connectivity index (χ0) is 31.9. The Hall–Kier alpha value is -3.56. The maximum atomic E-state index is 14.4. The van der Waals surface area contributed by atoms with Gasteiger partial charge in [0.1, 0.15) is 12.6 Å². The molecule has 0 aliphatic carbocycles. The average molecular weight is 673 g/mol. The normalized spacial score (nSPS) is 11.9. The van der Waals surface area contributed by atoms with Crippen molar-refractivity contribution in [2.75, 3.05) is 17.4 Å². The van der Waals surface area contributed by atoms with Gasteiger partial charge in [-0.2, -0.15) is 0 Å². The SMILES string of the molecule is CCNC(=O)C(Cc1ccccc1)N(Cc1ccc(Cl)c(Cl)c1)C(=O)CN(c1cccc(Cl)c1)S(=O)(=O)c1ccc(C)cc1. The molecule has 0 spiro atoms. The molecule has 0 fully saturated rings. The minimum absolute atomic E-state index is 0.0106. The van der Waals surface area contributed by atoms with Gasteiger partial charge >= 0.3 is 0 Å². The fraction of sp³-hybridized carbons (Fsp3) is 0.212. The molecule has 4 aromatic carbocycles. The Morgan fingerprint density at radius 2 is 1.52 bits per heavy atom. The molecule has 0 bridgehead atoms. The van der Waals surface area contributed by atoms with Crippen LogP contribution in [0.1, 0.15) is 23.6 Å². The summed E-state index contributed by atoms with van der Waals surface area (Å²) in [7, 11) is -4.23. The molecule has 0 aliphatic rings. The van der Waals surface area contributed by atoms with Crippen LogP contribution >= 0.6 is 34.8 Å². The van der Waals surface area contributed by atoms with Gasteiger partial charge in [-0.05, 0) is 67.4 Å². The van der Waals surface area contributed by atoms with E-state index in [1.54, 1.807) is 55.5 Å². The van der Waals surface area contributed by atoms with E-state index >= 15 is 0 Å². The number of hydrogen-bond donors (Lipinski definition) is 1. The number of anilines is 1. The molecule has 44 heavy (non-hydrogen) atoms. The maximum Gasteiger partial charge on any atom is 0.264 e. The van der Waals surface area contributed by atoms with E-state index in [-0.39, 0.29) is 34.5 Å². The lowest BCUT2D eigenvalue weighted by atomic mass is 10.0. The highest BCUT2D eigenvalue weighted by Crippen LogP contribution is 2.28. The molecule has 0 aliphatic heterocycles. The number of carbonyl (C=O) groups is 2. The van der Waals surface area contributed by atoms with Crippen LogP contribution < -0.4 is 9.62 Å². The van der Waals surface area contributed by atoms with Crippen molar-refractivity contribution in [3.8, 4) is 0 Å².